The van der Waals surface area contributed by atoms with Crippen molar-refractivity contribution in [2.75, 3.05) is 81.7 Å². The highest BCUT2D eigenvalue weighted by Gasteiger charge is 2.44. The first kappa shape index (κ1) is 42.1. The normalized spacial score (nSPS) is 29.1. The molecule has 1 spiro atoms. The summed E-state index contributed by atoms with van der Waals surface area (Å²) >= 11 is 8.53. The van der Waals surface area contributed by atoms with Crippen molar-refractivity contribution in [2.45, 2.75) is 63.0 Å². The van der Waals surface area contributed by atoms with E-state index >= 15 is 0 Å². The van der Waals surface area contributed by atoms with Crippen LogP contribution in [0.4, 0.5) is 5.69 Å². The number of hydrogen-bond acceptors (Lipinski definition) is 9. The summed E-state index contributed by atoms with van der Waals surface area (Å²) in [5.74, 6) is -0.186. The number of aryl methyl sites for hydroxylation is 1. The van der Waals surface area contributed by atoms with E-state index in [1.807, 2.05) is 43.2 Å². The van der Waals surface area contributed by atoms with Crippen LogP contribution in [0.5, 0.6) is 5.75 Å². The van der Waals surface area contributed by atoms with Gasteiger partial charge in [0.05, 0.1) is 30.8 Å². The number of halogens is 2. The average molecular weight is 882 g/mol. The van der Waals surface area contributed by atoms with E-state index in [1.165, 1.54) is 11.1 Å². The molecule has 2 fully saturated rings. The molecule has 292 valence electrons. The fourth-order valence-corrected chi connectivity index (χ4v) is 10.1. The van der Waals surface area contributed by atoms with E-state index in [-0.39, 0.29) is 29.0 Å². The van der Waals surface area contributed by atoms with Crippen LogP contribution in [0.3, 0.4) is 0 Å². The Balaban J connectivity index is 0.000000388. The van der Waals surface area contributed by atoms with Gasteiger partial charge in [-0.3, -0.25) is 14.5 Å². The highest BCUT2D eigenvalue weighted by atomic mass is 127. The van der Waals surface area contributed by atoms with Crippen molar-refractivity contribution in [1.29, 1.82) is 0 Å². The number of anilines is 1. The third kappa shape index (κ3) is 10.2. The van der Waals surface area contributed by atoms with E-state index in [0.29, 0.717) is 37.4 Å². The Labute approximate surface area is 335 Å². The highest BCUT2D eigenvalue weighted by molar-refractivity contribution is 14.1. The third-order valence-corrected chi connectivity index (χ3v) is 14.4. The number of benzene rings is 2. The maximum atomic E-state index is 13.4. The van der Waals surface area contributed by atoms with Crippen molar-refractivity contribution in [3.63, 3.8) is 0 Å². The number of morpholine rings is 1. The summed E-state index contributed by atoms with van der Waals surface area (Å²) in [5.41, 5.74) is 3.41. The number of alkyl halides is 1. The van der Waals surface area contributed by atoms with Gasteiger partial charge >= 0.3 is 0 Å². The summed E-state index contributed by atoms with van der Waals surface area (Å²) in [4.78, 5) is 33.3. The van der Waals surface area contributed by atoms with Crippen molar-refractivity contribution in [2.24, 2.45) is 17.8 Å². The molecule has 7 rings (SSSR count). The van der Waals surface area contributed by atoms with Gasteiger partial charge in [-0.05, 0) is 117 Å². The van der Waals surface area contributed by atoms with Crippen LogP contribution >= 0.6 is 34.2 Å². The molecule has 5 atom stereocenters. The van der Waals surface area contributed by atoms with Gasteiger partial charge in [0.2, 0.25) is 0 Å². The largest absolute Gasteiger partial charge is 0.490 e. The minimum Gasteiger partial charge on any atom is -0.490 e. The number of likely N-dealkylation sites (N-methyl/N-ethyl adjacent to an activating group) is 1. The summed E-state index contributed by atoms with van der Waals surface area (Å²) in [5, 5.41) is 3.17. The lowest BCUT2D eigenvalue weighted by molar-refractivity contribution is -0.122. The van der Waals surface area contributed by atoms with Gasteiger partial charge in [0, 0.05) is 61.2 Å². The molecule has 2 aromatic carbocycles. The first-order valence-electron chi connectivity index (χ1n) is 19.1. The molecule has 0 unspecified atom stereocenters. The Bertz CT molecular complexity index is 1720. The second kappa shape index (κ2) is 19.2. The Morgan fingerprint density at radius 1 is 1.06 bits per heavy atom. The molecule has 5 aliphatic rings. The quantitative estimate of drug-likeness (QED) is 0.271. The third-order valence-electron chi connectivity index (χ3n) is 11.9. The van der Waals surface area contributed by atoms with Crippen LogP contribution in [-0.4, -0.2) is 107 Å². The average Bonchev–Trinajstić information content (AvgIpc) is 3.29. The van der Waals surface area contributed by atoms with Crippen molar-refractivity contribution >= 4 is 61.3 Å². The van der Waals surface area contributed by atoms with Gasteiger partial charge in [0.15, 0.2) is 21.4 Å². The van der Waals surface area contributed by atoms with E-state index in [2.05, 4.69) is 49.8 Å². The molecule has 1 saturated heterocycles. The molecule has 0 radical (unpaired) electrons. The van der Waals surface area contributed by atoms with Crippen LogP contribution in [0, 0.1) is 17.8 Å². The predicted octanol–water partition coefficient (Wildman–Crippen LogP) is 6.58. The van der Waals surface area contributed by atoms with Crippen LogP contribution in [0.25, 0.3) is 0 Å². The van der Waals surface area contributed by atoms with Crippen molar-refractivity contribution in [3.05, 3.63) is 70.3 Å². The standard InChI is InChI=1S/C33H38ClNO5S.C7H16N2O.CH3I/c1-21-5-3-7-30(36)27-11-8-25(27)17-35-19-33(14-4-6-23-15-26(34)10-12-28(23)33)20-40-32-13-9-24(16-29(32)35)31(37)18-41(38,39)22(21)2;1-8-2-3-9-4-6-10-7-5-9;1-2/h3,7,9-10,12-13,15-16,21-22,25,27H,4-6,8,11,14,17-20H2,1-2H3;8H,2-7H2,1H3;1H3/b7-3+;;/t21-,22+,25-,27+,33-;;/m0../s1. The highest BCUT2D eigenvalue weighted by Crippen LogP contribution is 2.46. The topological polar surface area (TPSA) is 105 Å². The number of carbonyl (C=O) groups excluding carboxylic acids is 2. The van der Waals surface area contributed by atoms with Crippen LogP contribution in [-0.2, 0) is 31.2 Å². The van der Waals surface area contributed by atoms with Gasteiger partial charge in [-0.15, -0.1) is 0 Å². The minimum atomic E-state index is -3.68. The molecule has 53 heavy (non-hydrogen) atoms. The number of sulfone groups is 1. The Hall–Kier alpha value is -2.03. The van der Waals surface area contributed by atoms with Crippen LogP contribution in [0.15, 0.2) is 48.6 Å². The van der Waals surface area contributed by atoms with Crippen LogP contribution < -0.4 is 15.0 Å². The molecule has 0 aromatic heterocycles. The molecule has 1 saturated carbocycles. The molecule has 2 bridgehead atoms. The monoisotopic (exact) mass is 881 g/mol. The van der Waals surface area contributed by atoms with Crippen molar-refractivity contribution in [1.82, 2.24) is 10.2 Å². The SMILES string of the molecule is CI.CNCCN1CCOCC1.C[C@@H]1[C@@H](C)C/C=C/C(=O)[C@@H]2CC[C@H]2CN2C[C@@]3(CCCc4cc(Cl)ccc43)COc3ccc(cc32)C(=O)CS1(=O)=O. The molecule has 2 aliphatic carbocycles. The maximum absolute atomic E-state index is 13.4. The van der Waals surface area contributed by atoms with Gasteiger partial charge < -0.3 is 19.7 Å². The molecule has 9 nitrogen and oxygen atoms in total. The summed E-state index contributed by atoms with van der Waals surface area (Å²) in [6, 6.07) is 11.5. The number of rotatable bonds is 3. The molecule has 2 aromatic rings. The summed E-state index contributed by atoms with van der Waals surface area (Å²) in [6.45, 7) is 11.6. The number of nitrogens with zero attached hydrogens (tertiary/aromatic N) is 2. The number of carbonyl (C=O) groups is 2. The number of ketones is 2. The zero-order valence-corrected chi connectivity index (χ0v) is 35.5. The number of nitrogens with one attached hydrogen (secondary N) is 1. The number of allylic oxidation sites excluding steroid dienone is 2. The number of Topliss-reactive ketones (excluding diaryl/α,β-unsaturated/α-hetero) is 1. The van der Waals surface area contributed by atoms with Crippen molar-refractivity contribution in [3.8, 4) is 5.75 Å². The molecule has 3 aliphatic heterocycles. The zero-order valence-electron chi connectivity index (χ0n) is 31.8. The molecule has 3 heterocycles. The molecular formula is C41H57ClIN3O6S. The lowest BCUT2D eigenvalue weighted by atomic mass is 9.68. The second-order valence-corrected chi connectivity index (χ2v) is 18.0. The van der Waals surface area contributed by atoms with E-state index < -0.39 is 26.6 Å². The Morgan fingerprint density at radius 3 is 2.55 bits per heavy atom. The first-order valence-corrected chi connectivity index (χ1v) is 23.3. The molecular weight excluding hydrogens is 825 g/mol. The lowest BCUT2D eigenvalue weighted by Gasteiger charge is -2.44. The molecule has 12 heteroatoms. The minimum absolute atomic E-state index is 0.0542. The van der Waals surface area contributed by atoms with Gasteiger partial charge in [0.25, 0.3) is 0 Å². The Morgan fingerprint density at radius 2 is 1.83 bits per heavy atom. The molecule has 0 amide bonds. The van der Waals surface area contributed by atoms with Gasteiger partial charge in [0.1, 0.15) is 11.5 Å². The Kier molecular flexibility index (Phi) is 15.3. The maximum Gasteiger partial charge on any atom is 0.177 e. The predicted molar refractivity (Wildman–Crippen MR) is 223 cm³/mol. The van der Waals surface area contributed by atoms with Crippen molar-refractivity contribution < 1.29 is 27.5 Å². The zero-order chi connectivity index (χ0) is 38.2. The van der Waals surface area contributed by atoms with E-state index in [0.717, 1.165) is 82.2 Å². The van der Waals surface area contributed by atoms with Gasteiger partial charge in [-0.25, -0.2) is 8.42 Å². The summed E-state index contributed by atoms with van der Waals surface area (Å²) in [6.07, 6.45) is 8.74. The van der Waals surface area contributed by atoms with Gasteiger partial charge in [-0.1, -0.05) is 53.3 Å². The number of fused-ring (bicyclic) bond motifs is 4. The number of ether oxygens (including phenoxy) is 2. The van der Waals surface area contributed by atoms with Crippen LogP contribution in [0.2, 0.25) is 5.02 Å². The number of hydrogen-bond donors (Lipinski definition) is 1. The first-order chi connectivity index (χ1) is 25.5. The summed E-state index contributed by atoms with van der Waals surface area (Å²) < 4.78 is 38.2. The fraction of sp³-hybridized carbons (Fsp3) is 0.610. The van der Waals surface area contributed by atoms with Crippen LogP contribution in [0.1, 0.15) is 67.4 Å². The fourth-order valence-electron chi connectivity index (χ4n) is 8.29. The lowest BCUT2D eigenvalue weighted by Crippen LogP contribution is -2.49. The summed E-state index contributed by atoms with van der Waals surface area (Å²) in [7, 11) is -1.70. The molecule has 1 N–H and O–H groups in total. The van der Waals surface area contributed by atoms with E-state index in [9.17, 15) is 18.0 Å². The van der Waals surface area contributed by atoms with E-state index in [1.54, 1.807) is 19.1 Å². The van der Waals surface area contributed by atoms with E-state index in [4.69, 9.17) is 21.1 Å². The second-order valence-electron chi connectivity index (χ2n) is 15.2. The van der Waals surface area contributed by atoms with Gasteiger partial charge in [-0.2, -0.15) is 0 Å². The smallest absolute Gasteiger partial charge is 0.177 e.